The predicted octanol–water partition coefficient (Wildman–Crippen LogP) is 6.76. The van der Waals surface area contributed by atoms with Gasteiger partial charge in [-0.3, -0.25) is 0 Å². The quantitative estimate of drug-likeness (QED) is 0.591. The molecule has 1 aliphatic heterocycles. The second-order valence-electron chi connectivity index (χ2n) is 8.64. The third-order valence-corrected chi connectivity index (χ3v) is 7.14. The zero-order chi connectivity index (χ0) is 19.3. The summed E-state index contributed by atoms with van der Waals surface area (Å²) in [5, 5.41) is 3.52. The van der Waals surface area contributed by atoms with E-state index in [9.17, 15) is 0 Å². The molecule has 3 aliphatic rings. The summed E-state index contributed by atoms with van der Waals surface area (Å²) in [6, 6.07) is 0. The Kier molecular flexibility index (Phi) is 7.29. The highest BCUT2D eigenvalue weighted by Crippen LogP contribution is 2.53. The van der Waals surface area contributed by atoms with Crippen molar-refractivity contribution >= 4 is 0 Å². The lowest BCUT2D eigenvalue weighted by atomic mass is 9.55. The third kappa shape index (κ3) is 4.31. The zero-order valence-corrected chi connectivity index (χ0v) is 17.8. The average Bonchev–Trinajstić information content (AvgIpc) is 2.73. The molecule has 0 aromatic heterocycles. The second-order valence-corrected chi connectivity index (χ2v) is 8.64. The Morgan fingerprint density at radius 3 is 2.58 bits per heavy atom. The van der Waals surface area contributed by atoms with Crippen molar-refractivity contribution in [2.75, 3.05) is 13.1 Å². The van der Waals surface area contributed by atoms with E-state index in [0.29, 0.717) is 5.41 Å². The van der Waals surface area contributed by atoms with Crippen molar-refractivity contribution in [1.29, 1.82) is 0 Å². The van der Waals surface area contributed by atoms with Crippen LogP contribution in [0.4, 0.5) is 0 Å². The van der Waals surface area contributed by atoms with Gasteiger partial charge in [-0.2, -0.15) is 0 Å². The van der Waals surface area contributed by atoms with Gasteiger partial charge in [0.25, 0.3) is 0 Å². The van der Waals surface area contributed by atoms with E-state index in [-0.39, 0.29) is 0 Å². The van der Waals surface area contributed by atoms with Gasteiger partial charge in [0.2, 0.25) is 0 Å². The summed E-state index contributed by atoms with van der Waals surface area (Å²) in [7, 11) is 0. The summed E-state index contributed by atoms with van der Waals surface area (Å²) >= 11 is 0. The minimum atomic E-state index is 0.698. The number of allylic oxidation sites excluding steroid dienone is 8. The molecule has 0 spiro atoms. The summed E-state index contributed by atoms with van der Waals surface area (Å²) in [6.07, 6.45) is 13.0. The van der Waals surface area contributed by atoms with Crippen LogP contribution in [0, 0.1) is 17.3 Å². The molecule has 26 heavy (non-hydrogen) atoms. The standard InChI is InChI=1S/C15H20.C10H19N/c1-6-12(5)15-10-8-9-14(11(3)4)13(15)7-2;1-8-7-11-6-4-9-3-5-10(8,9)2/h6-7,9H,2-3,8,10H2,1,4-5H3;8-9,11H,3-7H2,1-2H3/b12-6-;. The Morgan fingerprint density at radius 2 is 2.04 bits per heavy atom. The van der Waals surface area contributed by atoms with Crippen molar-refractivity contribution in [2.45, 2.75) is 66.7 Å². The van der Waals surface area contributed by atoms with Gasteiger partial charge >= 0.3 is 0 Å². The molecule has 1 saturated carbocycles. The fourth-order valence-corrected chi connectivity index (χ4v) is 4.74. The minimum absolute atomic E-state index is 0.698. The van der Waals surface area contributed by atoms with Gasteiger partial charge < -0.3 is 5.32 Å². The van der Waals surface area contributed by atoms with E-state index in [4.69, 9.17) is 0 Å². The highest BCUT2D eigenvalue weighted by atomic mass is 14.9. The predicted molar refractivity (Wildman–Crippen MR) is 116 cm³/mol. The fraction of sp³-hybridized carbons (Fsp3) is 0.600. The van der Waals surface area contributed by atoms with E-state index in [2.05, 4.69) is 65.2 Å². The SMILES string of the molecule is C=CC1=C(/C(C)=C\C)CCC=C1C(=C)C.CC1CNCCC2CCC12C. The first kappa shape index (κ1) is 21.0. The lowest BCUT2D eigenvalue weighted by Gasteiger charge is -2.50. The molecule has 0 radical (unpaired) electrons. The molecular weight excluding hydrogens is 314 g/mol. The van der Waals surface area contributed by atoms with E-state index in [1.165, 1.54) is 54.6 Å². The van der Waals surface area contributed by atoms with Gasteiger partial charge in [0, 0.05) is 0 Å². The zero-order valence-electron chi connectivity index (χ0n) is 17.8. The van der Waals surface area contributed by atoms with Crippen molar-refractivity contribution < 1.29 is 0 Å². The Hall–Kier alpha value is -1.34. The van der Waals surface area contributed by atoms with Crippen LogP contribution in [-0.2, 0) is 0 Å². The molecule has 3 rings (SSSR count). The van der Waals surface area contributed by atoms with Gasteiger partial charge in [-0.25, -0.2) is 0 Å². The largest absolute Gasteiger partial charge is 0.316 e. The topological polar surface area (TPSA) is 12.0 Å². The molecule has 1 heterocycles. The number of fused-ring (bicyclic) bond motifs is 1. The molecular formula is C25H39N. The second kappa shape index (κ2) is 9.04. The lowest BCUT2D eigenvalue weighted by molar-refractivity contribution is 0.00275. The smallest absolute Gasteiger partial charge is 0.00178 e. The van der Waals surface area contributed by atoms with E-state index < -0.39 is 0 Å². The molecule has 0 amide bonds. The van der Waals surface area contributed by atoms with E-state index in [1.807, 2.05) is 6.08 Å². The molecule has 0 bridgehead atoms. The minimum Gasteiger partial charge on any atom is -0.316 e. The molecule has 1 N–H and O–H groups in total. The van der Waals surface area contributed by atoms with Crippen molar-refractivity contribution in [1.82, 2.24) is 5.32 Å². The first-order chi connectivity index (χ1) is 12.3. The Bertz CT molecular complexity index is 621. The summed E-state index contributed by atoms with van der Waals surface area (Å²) in [5.41, 5.74) is 7.15. The maximum atomic E-state index is 4.03. The van der Waals surface area contributed by atoms with E-state index >= 15 is 0 Å². The fourth-order valence-electron chi connectivity index (χ4n) is 4.74. The Labute approximate surface area is 162 Å². The van der Waals surface area contributed by atoms with Crippen LogP contribution in [0.15, 0.2) is 59.3 Å². The third-order valence-electron chi connectivity index (χ3n) is 7.14. The summed E-state index contributed by atoms with van der Waals surface area (Å²) in [6.45, 7) is 21.6. The van der Waals surface area contributed by atoms with Gasteiger partial charge in [-0.1, -0.05) is 56.4 Å². The summed E-state index contributed by atoms with van der Waals surface area (Å²) in [4.78, 5) is 0. The van der Waals surface area contributed by atoms with Crippen LogP contribution in [0.25, 0.3) is 0 Å². The number of nitrogens with one attached hydrogen (secondary N) is 1. The first-order valence-electron chi connectivity index (χ1n) is 10.4. The maximum Gasteiger partial charge on any atom is -0.00178 e. The van der Waals surface area contributed by atoms with Crippen molar-refractivity contribution in [3.8, 4) is 0 Å². The molecule has 1 saturated heterocycles. The molecule has 3 unspecified atom stereocenters. The van der Waals surface area contributed by atoms with Gasteiger partial charge in [0.1, 0.15) is 0 Å². The monoisotopic (exact) mass is 353 g/mol. The molecule has 0 aromatic rings. The van der Waals surface area contributed by atoms with Crippen LogP contribution in [0.5, 0.6) is 0 Å². The lowest BCUT2D eigenvalue weighted by Crippen LogP contribution is -2.43. The number of hydrogen-bond donors (Lipinski definition) is 1. The van der Waals surface area contributed by atoms with Crippen LogP contribution >= 0.6 is 0 Å². The Balaban J connectivity index is 0.000000195. The van der Waals surface area contributed by atoms with Crippen LogP contribution in [0.2, 0.25) is 0 Å². The molecule has 144 valence electrons. The normalized spacial score (nSPS) is 31.6. The van der Waals surface area contributed by atoms with E-state index in [0.717, 1.165) is 30.3 Å². The van der Waals surface area contributed by atoms with Gasteiger partial charge in [-0.15, -0.1) is 0 Å². The molecule has 1 heteroatoms. The van der Waals surface area contributed by atoms with Crippen LogP contribution in [-0.4, -0.2) is 13.1 Å². The molecule has 3 atom stereocenters. The highest BCUT2D eigenvalue weighted by Gasteiger charge is 2.46. The van der Waals surface area contributed by atoms with Crippen molar-refractivity contribution in [2.24, 2.45) is 17.3 Å². The Morgan fingerprint density at radius 1 is 1.31 bits per heavy atom. The maximum absolute atomic E-state index is 4.03. The summed E-state index contributed by atoms with van der Waals surface area (Å²) < 4.78 is 0. The molecule has 2 fully saturated rings. The molecule has 0 aromatic carbocycles. The molecule has 1 nitrogen and oxygen atoms in total. The van der Waals surface area contributed by atoms with Gasteiger partial charge in [0.05, 0.1) is 0 Å². The molecule has 2 aliphatic carbocycles. The summed E-state index contributed by atoms with van der Waals surface area (Å²) in [5.74, 6) is 1.93. The van der Waals surface area contributed by atoms with Crippen LogP contribution in [0.3, 0.4) is 0 Å². The van der Waals surface area contributed by atoms with E-state index in [1.54, 1.807) is 0 Å². The number of rotatable bonds is 3. The first-order valence-corrected chi connectivity index (χ1v) is 10.4. The highest BCUT2D eigenvalue weighted by molar-refractivity contribution is 5.57. The van der Waals surface area contributed by atoms with Crippen LogP contribution < -0.4 is 5.32 Å². The van der Waals surface area contributed by atoms with Gasteiger partial charge in [-0.05, 0) is 99.9 Å². The number of hydrogen-bond acceptors (Lipinski definition) is 1. The van der Waals surface area contributed by atoms with Gasteiger partial charge in [0.15, 0.2) is 0 Å². The van der Waals surface area contributed by atoms with Crippen LogP contribution in [0.1, 0.15) is 66.7 Å². The van der Waals surface area contributed by atoms with Crippen molar-refractivity contribution in [3.63, 3.8) is 0 Å². The average molecular weight is 354 g/mol. The van der Waals surface area contributed by atoms with Crippen molar-refractivity contribution in [3.05, 3.63) is 59.3 Å².